The minimum Gasteiger partial charge on any atom is -0.256 e. The van der Waals surface area contributed by atoms with E-state index in [1.54, 1.807) is 0 Å². The second kappa shape index (κ2) is 4.10. The number of aromatic nitrogens is 1. The Labute approximate surface area is 85.2 Å². The van der Waals surface area contributed by atoms with E-state index >= 15 is 0 Å². The molecule has 68 valence electrons. The molecule has 0 spiro atoms. The van der Waals surface area contributed by atoms with Gasteiger partial charge in [-0.05, 0) is 12.1 Å². The van der Waals surface area contributed by atoms with Crippen LogP contribution < -0.4 is 0 Å². The van der Waals surface area contributed by atoms with Gasteiger partial charge in [0, 0.05) is 11.8 Å². The monoisotopic (exact) mass is 181 g/mol. The maximum atomic E-state index is 4.30. The molecule has 0 unspecified atom stereocenters. The normalized spacial score (nSPS) is 10.0. The van der Waals surface area contributed by atoms with E-state index in [4.69, 9.17) is 0 Å². The van der Waals surface area contributed by atoms with E-state index in [0.29, 0.717) is 0 Å². The summed E-state index contributed by atoms with van der Waals surface area (Å²) >= 11 is 0. The van der Waals surface area contributed by atoms with Gasteiger partial charge in [0.25, 0.3) is 0 Å². The Morgan fingerprint density at radius 3 is 2.36 bits per heavy atom. The first-order chi connectivity index (χ1) is 6.90. The lowest BCUT2D eigenvalue weighted by Crippen LogP contribution is -1.85. The van der Waals surface area contributed by atoms with E-state index in [-0.39, 0.29) is 0 Å². The molecule has 1 heterocycles. The average molecular weight is 181 g/mol. The van der Waals surface area contributed by atoms with Crippen LogP contribution in [-0.2, 0) is 6.32 Å². The lowest BCUT2D eigenvalue weighted by atomic mass is 9.96. The predicted molar refractivity (Wildman–Crippen MR) is 61.9 cm³/mol. The summed E-state index contributed by atoms with van der Waals surface area (Å²) in [4.78, 5) is 4.30. The van der Waals surface area contributed by atoms with Crippen LogP contribution in [0.3, 0.4) is 0 Å². The average Bonchev–Trinajstić information content (AvgIpc) is 2.30. The molecule has 0 N–H and O–H groups in total. The Kier molecular flexibility index (Phi) is 2.64. The van der Waals surface area contributed by atoms with Crippen LogP contribution in [0.1, 0.15) is 5.56 Å². The molecule has 0 saturated carbocycles. The fourth-order valence-corrected chi connectivity index (χ4v) is 1.44. The molecule has 0 bridgehead atoms. The van der Waals surface area contributed by atoms with Gasteiger partial charge in [0.05, 0.1) is 5.69 Å². The number of hydrogen-bond donors (Lipinski definition) is 0. The van der Waals surface area contributed by atoms with Gasteiger partial charge in [-0.25, -0.2) is 0 Å². The summed E-state index contributed by atoms with van der Waals surface area (Å²) < 4.78 is 0. The van der Waals surface area contributed by atoms with Crippen molar-refractivity contribution < 1.29 is 0 Å². The maximum absolute atomic E-state index is 4.30. The maximum Gasteiger partial charge on any atom is 0.107 e. The summed E-state index contributed by atoms with van der Waals surface area (Å²) in [6.07, 6.45) is 2.91. The number of hydrogen-bond acceptors (Lipinski definition) is 1. The van der Waals surface area contributed by atoms with E-state index in [1.807, 2.05) is 24.4 Å². The molecule has 0 aliphatic heterocycles. The van der Waals surface area contributed by atoms with Crippen molar-refractivity contribution in [3.8, 4) is 11.3 Å². The van der Waals surface area contributed by atoms with Crippen molar-refractivity contribution in [3.05, 3.63) is 54.2 Å². The van der Waals surface area contributed by atoms with Gasteiger partial charge >= 0.3 is 0 Å². The van der Waals surface area contributed by atoms with Crippen LogP contribution in [0.2, 0.25) is 0 Å². The van der Waals surface area contributed by atoms with Crippen molar-refractivity contribution in [2.75, 3.05) is 0 Å². The molecular formula is C12H12BN. The van der Waals surface area contributed by atoms with Crippen molar-refractivity contribution >= 4 is 7.85 Å². The first-order valence-corrected chi connectivity index (χ1v) is 4.90. The first-order valence-electron chi connectivity index (χ1n) is 4.90. The fourth-order valence-electron chi connectivity index (χ4n) is 1.44. The van der Waals surface area contributed by atoms with Gasteiger partial charge in [-0.15, -0.1) is 0 Å². The molecule has 0 amide bonds. The molecule has 0 saturated heterocycles. The van der Waals surface area contributed by atoms with Crippen LogP contribution in [0.5, 0.6) is 0 Å². The summed E-state index contributed by atoms with van der Waals surface area (Å²) in [5.74, 6) is 0. The zero-order valence-electron chi connectivity index (χ0n) is 8.27. The third-order valence-electron chi connectivity index (χ3n) is 2.32. The van der Waals surface area contributed by atoms with Gasteiger partial charge in [-0.3, -0.25) is 4.98 Å². The minimum absolute atomic E-state index is 1.04. The standard InChI is InChI=1S/C12H12BN/c13-9-10-4-6-11(7-5-10)12-3-1-2-8-14-12/h1-8H,9,13H2. The lowest BCUT2D eigenvalue weighted by Gasteiger charge is -2.01. The molecule has 0 atom stereocenters. The van der Waals surface area contributed by atoms with Crippen LogP contribution in [0.4, 0.5) is 0 Å². The quantitative estimate of drug-likeness (QED) is 0.644. The van der Waals surface area contributed by atoms with Gasteiger partial charge in [0.1, 0.15) is 7.85 Å². The van der Waals surface area contributed by atoms with E-state index in [9.17, 15) is 0 Å². The van der Waals surface area contributed by atoms with Crippen molar-refractivity contribution in [1.82, 2.24) is 4.98 Å². The summed E-state index contributed by atoms with van der Waals surface area (Å²) in [5, 5.41) is 0. The SMILES string of the molecule is BCc1ccc(-c2ccccn2)cc1. The molecule has 0 radical (unpaired) electrons. The highest BCUT2D eigenvalue weighted by atomic mass is 14.7. The molecule has 0 aliphatic rings. The second-order valence-corrected chi connectivity index (χ2v) is 3.27. The molecule has 2 heteroatoms. The number of rotatable bonds is 2. The number of benzene rings is 1. The smallest absolute Gasteiger partial charge is 0.107 e. The Bertz CT molecular complexity index is 394. The molecule has 1 aromatic heterocycles. The first kappa shape index (κ1) is 9.01. The van der Waals surface area contributed by atoms with Crippen LogP contribution in [0.25, 0.3) is 11.3 Å². The Morgan fingerprint density at radius 2 is 1.79 bits per heavy atom. The van der Waals surface area contributed by atoms with Gasteiger partial charge in [0.2, 0.25) is 0 Å². The zero-order chi connectivity index (χ0) is 9.80. The largest absolute Gasteiger partial charge is 0.256 e. The fraction of sp³-hybridized carbons (Fsp3) is 0.0833. The molecule has 1 nitrogen and oxygen atoms in total. The van der Waals surface area contributed by atoms with Crippen molar-refractivity contribution in [3.63, 3.8) is 0 Å². The van der Waals surface area contributed by atoms with Crippen molar-refractivity contribution in [2.24, 2.45) is 0 Å². The molecule has 0 fully saturated rings. The van der Waals surface area contributed by atoms with E-state index in [0.717, 1.165) is 12.0 Å². The lowest BCUT2D eigenvalue weighted by molar-refractivity contribution is 1.32. The highest BCUT2D eigenvalue weighted by Crippen LogP contribution is 2.16. The topological polar surface area (TPSA) is 12.9 Å². The zero-order valence-corrected chi connectivity index (χ0v) is 8.27. The van der Waals surface area contributed by atoms with E-state index in [2.05, 4.69) is 37.1 Å². The molecule has 2 rings (SSSR count). The molecule has 0 aliphatic carbocycles. The summed E-state index contributed by atoms with van der Waals surface area (Å²) in [6.45, 7) is 0. The van der Waals surface area contributed by atoms with Gasteiger partial charge in [-0.2, -0.15) is 0 Å². The highest BCUT2D eigenvalue weighted by Gasteiger charge is 1.96. The van der Waals surface area contributed by atoms with Crippen LogP contribution >= 0.6 is 0 Å². The van der Waals surface area contributed by atoms with Gasteiger partial charge in [0.15, 0.2) is 0 Å². The van der Waals surface area contributed by atoms with Crippen molar-refractivity contribution in [2.45, 2.75) is 6.32 Å². The number of nitrogens with zero attached hydrogens (tertiary/aromatic N) is 1. The second-order valence-electron chi connectivity index (χ2n) is 3.27. The molecule has 14 heavy (non-hydrogen) atoms. The molecule has 2 aromatic rings. The predicted octanol–water partition coefficient (Wildman–Crippen LogP) is 1.88. The van der Waals surface area contributed by atoms with Gasteiger partial charge in [-0.1, -0.05) is 42.2 Å². The van der Waals surface area contributed by atoms with Crippen LogP contribution in [0.15, 0.2) is 48.7 Å². The Hall–Kier alpha value is -1.57. The summed E-state index contributed by atoms with van der Waals surface area (Å²) in [5.41, 5.74) is 3.59. The number of pyridine rings is 1. The van der Waals surface area contributed by atoms with E-state index < -0.39 is 0 Å². The minimum atomic E-state index is 1.04. The van der Waals surface area contributed by atoms with Crippen LogP contribution in [-0.4, -0.2) is 12.8 Å². The Morgan fingerprint density at radius 1 is 1.00 bits per heavy atom. The third-order valence-corrected chi connectivity index (χ3v) is 2.32. The third kappa shape index (κ3) is 1.85. The summed E-state index contributed by atoms with van der Waals surface area (Å²) in [7, 11) is 2.16. The molecule has 1 aromatic carbocycles. The van der Waals surface area contributed by atoms with Crippen LogP contribution in [0, 0.1) is 0 Å². The summed E-state index contributed by atoms with van der Waals surface area (Å²) in [6, 6.07) is 14.5. The molecular weight excluding hydrogens is 169 g/mol. The van der Waals surface area contributed by atoms with E-state index in [1.165, 1.54) is 11.1 Å². The van der Waals surface area contributed by atoms with Gasteiger partial charge < -0.3 is 0 Å². The highest BCUT2D eigenvalue weighted by molar-refractivity contribution is 6.08. The Balaban J connectivity index is 2.34. The van der Waals surface area contributed by atoms with Crippen molar-refractivity contribution in [1.29, 1.82) is 0 Å².